The first-order chi connectivity index (χ1) is 9.74. The number of hydrogen-bond donors (Lipinski definition) is 1. The highest BCUT2D eigenvalue weighted by atomic mass is 16.5. The summed E-state index contributed by atoms with van der Waals surface area (Å²) < 4.78 is 11.2. The first kappa shape index (κ1) is 15.5. The average Bonchev–Trinajstić information content (AvgIpc) is 2.47. The van der Waals surface area contributed by atoms with Gasteiger partial charge in [-0.3, -0.25) is 0 Å². The van der Waals surface area contributed by atoms with Crippen LogP contribution in [0.15, 0.2) is 24.3 Å². The van der Waals surface area contributed by atoms with E-state index in [9.17, 15) is 0 Å². The van der Waals surface area contributed by atoms with E-state index in [1.165, 1.54) is 11.1 Å². The molecule has 3 unspecified atom stereocenters. The Balaban J connectivity index is 1.98. The number of fused-ring (bicyclic) bond motifs is 1. The molecule has 0 aliphatic carbocycles. The van der Waals surface area contributed by atoms with Crippen molar-refractivity contribution in [3.63, 3.8) is 0 Å². The largest absolute Gasteiger partial charge is 0.384 e. The van der Waals surface area contributed by atoms with Crippen molar-refractivity contribution >= 4 is 0 Å². The Morgan fingerprint density at radius 3 is 2.95 bits per heavy atom. The van der Waals surface area contributed by atoms with Gasteiger partial charge in [-0.15, -0.1) is 0 Å². The Kier molecular flexibility index (Phi) is 6.02. The summed E-state index contributed by atoms with van der Waals surface area (Å²) in [7, 11) is 3.81. The van der Waals surface area contributed by atoms with Crippen molar-refractivity contribution in [3.8, 4) is 0 Å². The molecule has 0 aromatic heterocycles. The summed E-state index contributed by atoms with van der Waals surface area (Å²) in [5.41, 5.74) is 2.82. The van der Waals surface area contributed by atoms with Gasteiger partial charge in [-0.05, 0) is 43.4 Å². The van der Waals surface area contributed by atoms with E-state index in [1.807, 2.05) is 7.05 Å². The predicted octanol–water partition coefficient (Wildman–Crippen LogP) is 2.95. The van der Waals surface area contributed by atoms with E-state index in [0.717, 1.165) is 32.5 Å². The zero-order chi connectivity index (χ0) is 14.4. The lowest BCUT2D eigenvalue weighted by Crippen LogP contribution is -2.32. The highest BCUT2D eigenvalue weighted by Gasteiger charge is 2.24. The van der Waals surface area contributed by atoms with Crippen LogP contribution in [0.1, 0.15) is 37.0 Å². The third-order valence-corrected chi connectivity index (χ3v) is 4.14. The third-order valence-electron chi connectivity index (χ3n) is 4.14. The van der Waals surface area contributed by atoms with Crippen molar-refractivity contribution in [3.05, 3.63) is 35.4 Å². The lowest BCUT2D eigenvalue weighted by Gasteiger charge is -2.30. The van der Waals surface area contributed by atoms with Gasteiger partial charge >= 0.3 is 0 Å². The molecular weight excluding hydrogens is 250 g/mol. The zero-order valence-electron chi connectivity index (χ0n) is 12.9. The first-order valence-electron chi connectivity index (χ1n) is 7.60. The molecule has 0 saturated heterocycles. The number of hydrogen-bond acceptors (Lipinski definition) is 3. The Morgan fingerprint density at radius 1 is 1.40 bits per heavy atom. The molecule has 0 amide bonds. The van der Waals surface area contributed by atoms with Crippen LogP contribution in [0.25, 0.3) is 0 Å². The van der Waals surface area contributed by atoms with Gasteiger partial charge < -0.3 is 14.8 Å². The topological polar surface area (TPSA) is 30.5 Å². The molecule has 0 bridgehead atoms. The molecular formula is C17H27NO2. The maximum absolute atomic E-state index is 6.01. The summed E-state index contributed by atoms with van der Waals surface area (Å²) in [5.74, 6) is 0.566. The first-order valence-corrected chi connectivity index (χ1v) is 7.60. The fourth-order valence-electron chi connectivity index (χ4n) is 3.10. The SMILES string of the molecule is CNC(CC(C)COC)CC1OCCc2ccccc21. The quantitative estimate of drug-likeness (QED) is 0.831. The van der Waals surface area contributed by atoms with Gasteiger partial charge in [0.15, 0.2) is 0 Å². The fraction of sp³-hybridized carbons (Fsp3) is 0.647. The van der Waals surface area contributed by atoms with Crippen molar-refractivity contribution in [1.82, 2.24) is 5.32 Å². The van der Waals surface area contributed by atoms with Gasteiger partial charge in [-0.1, -0.05) is 31.2 Å². The summed E-state index contributed by atoms with van der Waals surface area (Å²) in [6.07, 6.45) is 3.41. The van der Waals surface area contributed by atoms with Gasteiger partial charge in [0.05, 0.1) is 12.7 Å². The van der Waals surface area contributed by atoms with E-state index in [-0.39, 0.29) is 6.10 Å². The van der Waals surface area contributed by atoms with E-state index < -0.39 is 0 Å². The van der Waals surface area contributed by atoms with Crippen LogP contribution >= 0.6 is 0 Å². The van der Waals surface area contributed by atoms with E-state index in [0.29, 0.717) is 12.0 Å². The van der Waals surface area contributed by atoms with Crippen LogP contribution in [0, 0.1) is 5.92 Å². The highest BCUT2D eigenvalue weighted by molar-refractivity contribution is 5.31. The minimum absolute atomic E-state index is 0.229. The third kappa shape index (κ3) is 4.05. The maximum atomic E-state index is 6.01. The summed E-state index contributed by atoms with van der Waals surface area (Å²) in [6.45, 7) is 3.90. The van der Waals surface area contributed by atoms with E-state index in [1.54, 1.807) is 7.11 Å². The molecule has 1 aliphatic heterocycles. The minimum Gasteiger partial charge on any atom is -0.384 e. The molecule has 1 heterocycles. The number of rotatable bonds is 7. The van der Waals surface area contributed by atoms with Crippen molar-refractivity contribution in [2.24, 2.45) is 5.92 Å². The lowest BCUT2D eigenvalue weighted by molar-refractivity contribution is 0.0270. The lowest BCUT2D eigenvalue weighted by atomic mass is 9.91. The second kappa shape index (κ2) is 7.77. The molecule has 3 nitrogen and oxygen atoms in total. The van der Waals surface area contributed by atoms with E-state index in [2.05, 4.69) is 36.5 Å². The Hall–Kier alpha value is -0.900. The highest BCUT2D eigenvalue weighted by Crippen LogP contribution is 2.31. The molecule has 1 aromatic carbocycles. The number of ether oxygens (including phenoxy) is 2. The Bertz CT molecular complexity index is 408. The summed E-state index contributed by atoms with van der Waals surface area (Å²) in [5, 5.41) is 3.43. The average molecular weight is 277 g/mol. The number of methoxy groups -OCH3 is 1. The molecule has 2 rings (SSSR count). The summed E-state index contributed by atoms with van der Waals surface area (Å²) >= 11 is 0. The van der Waals surface area contributed by atoms with Crippen molar-refractivity contribution in [1.29, 1.82) is 0 Å². The van der Waals surface area contributed by atoms with Gasteiger partial charge in [-0.2, -0.15) is 0 Å². The van der Waals surface area contributed by atoms with Crippen LogP contribution in [0.4, 0.5) is 0 Å². The van der Waals surface area contributed by atoms with Crippen LogP contribution in [0.2, 0.25) is 0 Å². The molecule has 0 radical (unpaired) electrons. The number of nitrogens with one attached hydrogen (secondary N) is 1. The Morgan fingerprint density at radius 2 is 2.20 bits per heavy atom. The predicted molar refractivity (Wildman–Crippen MR) is 82.0 cm³/mol. The second-order valence-corrected chi connectivity index (χ2v) is 5.83. The van der Waals surface area contributed by atoms with Crippen molar-refractivity contribution in [2.45, 2.75) is 38.3 Å². The van der Waals surface area contributed by atoms with Crippen molar-refractivity contribution < 1.29 is 9.47 Å². The molecule has 1 aromatic rings. The fourth-order valence-corrected chi connectivity index (χ4v) is 3.10. The second-order valence-electron chi connectivity index (χ2n) is 5.83. The zero-order valence-corrected chi connectivity index (χ0v) is 12.9. The smallest absolute Gasteiger partial charge is 0.0842 e. The van der Waals surface area contributed by atoms with Crippen LogP contribution in [0.5, 0.6) is 0 Å². The van der Waals surface area contributed by atoms with Crippen LogP contribution < -0.4 is 5.32 Å². The minimum atomic E-state index is 0.229. The normalized spacial score (nSPS) is 21.2. The maximum Gasteiger partial charge on any atom is 0.0842 e. The van der Waals surface area contributed by atoms with Crippen LogP contribution in [-0.2, 0) is 15.9 Å². The van der Waals surface area contributed by atoms with Gasteiger partial charge in [-0.25, -0.2) is 0 Å². The molecule has 1 aliphatic rings. The Labute approximate surface area is 122 Å². The molecule has 0 saturated carbocycles. The standard InChI is InChI=1S/C17H27NO2/c1-13(12-19-3)10-15(18-2)11-17-16-7-5-4-6-14(16)8-9-20-17/h4-7,13,15,17-18H,8-12H2,1-3H3. The molecule has 1 N–H and O–H groups in total. The van der Waals surface area contributed by atoms with Crippen LogP contribution in [-0.4, -0.2) is 33.4 Å². The summed E-state index contributed by atoms with van der Waals surface area (Å²) in [4.78, 5) is 0. The molecule has 3 heteroatoms. The monoisotopic (exact) mass is 277 g/mol. The molecule has 0 fully saturated rings. The van der Waals surface area contributed by atoms with E-state index >= 15 is 0 Å². The van der Waals surface area contributed by atoms with Gasteiger partial charge in [0, 0.05) is 19.8 Å². The van der Waals surface area contributed by atoms with E-state index in [4.69, 9.17) is 9.47 Å². The van der Waals surface area contributed by atoms with Crippen molar-refractivity contribution in [2.75, 3.05) is 27.4 Å². The van der Waals surface area contributed by atoms with Gasteiger partial charge in [0.25, 0.3) is 0 Å². The van der Waals surface area contributed by atoms with Gasteiger partial charge in [0.2, 0.25) is 0 Å². The molecule has 20 heavy (non-hydrogen) atoms. The van der Waals surface area contributed by atoms with Gasteiger partial charge in [0.1, 0.15) is 0 Å². The number of benzene rings is 1. The molecule has 0 spiro atoms. The van der Waals surface area contributed by atoms with Crippen LogP contribution in [0.3, 0.4) is 0 Å². The summed E-state index contributed by atoms with van der Waals surface area (Å²) in [6, 6.07) is 9.15. The molecule has 112 valence electrons. The molecule has 3 atom stereocenters.